The molecule has 0 saturated heterocycles. The molecule has 0 aromatic carbocycles. The van der Waals surface area contributed by atoms with Crippen molar-refractivity contribution in [2.45, 2.75) is 6.92 Å². The first-order valence-electron chi connectivity index (χ1n) is 2.59. The van der Waals surface area contributed by atoms with Crippen LogP contribution in [0.4, 0.5) is 4.39 Å². The van der Waals surface area contributed by atoms with Crippen LogP contribution in [0, 0.1) is 16.4 Å². The molecule has 54 valence electrons. The van der Waals surface area contributed by atoms with Gasteiger partial charge in [0.25, 0.3) is 0 Å². The third-order valence-corrected chi connectivity index (χ3v) is 2.69. The van der Waals surface area contributed by atoms with Crippen molar-refractivity contribution >= 4 is 34.2 Å². The number of aromatic nitrogens is 1. The molecule has 10 heavy (non-hydrogen) atoms. The normalized spacial score (nSPS) is 10.0. The van der Waals surface area contributed by atoms with E-state index in [0.29, 0.717) is 14.3 Å². The number of hydrogen-bond donors (Lipinski definition) is 0. The van der Waals surface area contributed by atoms with Gasteiger partial charge in [-0.2, -0.15) is 4.39 Å². The maximum atomic E-state index is 12.4. The van der Waals surface area contributed by atoms with E-state index in [9.17, 15) is 4.39 Å². The Labute approximate surface area is 76.7 Å². The van der Waals surface area contributed by atoms with Crippen LogP contribution >= 0.6 is 34.2 Å². The maximum Gasteiger partial charge on any atom is 0.214 e. The fourth-order valence-corrected chi connectivity index (χ4v) is 1.33. The van der Waals surface area contributed by atoms with Gasteiger partial charge in [0.15, 0.2) is 0 Å². The van der Waals surface area contributed by atoms with E-state index in [1.807, 2.05) is 22.6 Å². The second-order valence-corrected chi connectivity index (χ2v) is 3.37. The lowest BCUT2D eigenvalue weighted by atomic mass is 10.4. The topological polar surface area (TPSA) is 12.9 Å². The van der Waals surface area contributed by atoms with Crippen molar-refractivity contribution in [2.75, 3.05) is 0 Å². The summed E-state index contributed by atoms with van der Waals surface area (Å²) in [5, 5.41) is 0.530. The van der Waals surface area contributed by atoms with Gasteiger partial charge in [0, 0.05) is 9.64 Å². The fourth-order valence-electron chi connectivity index (χ4n) is 0.582. The minimum atomic E-state index is -0.480. The Kier molecular flexibility index (Phi) is 2.46. The molecule has 0 aliphatic rings. The Morgan fingerprint density at radius 1 is 1.70 bits per heavy atom. The third-order valence-electron chi connectivity index (χ3n) is 1.05. The molecule has 0 N–H and O–H groups in total. The predicted octanol–water partition coefficient (Wildman–Crippen LogP) is 2.79. The smallest absolute Gasteiger partial charge is 0.214 e. The molecule has 0 aliphatic heterocycles. The van der Waals surface area contributed by atoms with Gasteiger partial charge in [-0.25, -0.2) is 4.98 Å². The van der Waals surface area contributed by atoms with Crippen molar-refractivity contribution < 1.29 is 4.39 Å². The SMILES string of the molecule is Cc1nc(F)cc(I)c1Cl. The molecule has 4 heteroatoms. The molecule has 1 aromatic heterocycles. The zero-order chi connectivity index (χ0) is 7.72. The van der Waals surface area contributed by atoms with E-state index in [2.05, 4.69) is 4.98 Å². The molecule has 0 atom stereocenters. The first kappa shape index (κ1) is 8.20. The highest BCUT2D eigenvalue weighted by atomic mass is 127. The first-order chi connectivity index (χ1) is 4.61. The second-order valence-electron chi connectivity index (χ2n) is 1.83. The van der Waals surface area contributed by atoms with Crippen molar-refractivity contribution in [2.24, 2.45) is 0 Å². The summed E-state index contributed by atoms with van der Waals surface area (Å²) in [4.78, 5) is 3.53. The summed E-state index contributed by atoms with van der Waals surface area (Å²) in [6, 6.07) is 1.30. The Bertz CT molecular complexity index is 241. The molecule has 0 aliphatic carbocycles. The third kappa shape index (κ3) is 1.58. The molecular formula is C6H4ClFIN. The molecule has 0 radical (unpaired) electrons. The standard InChI is InChI=1S/C6H4ClFIN/c1-3-6(7)4(9)2-5(8)10-3/h2H,1H3. The summed E-state index contributed by atoms with van der Waals surface area (Å²) in [6.07, 6.45) is 0. The van der Waals surface area contributed by atoms with E-state index in [0.717, 1.165) is 0 Å². The van der Waals surface area contributed by atoms with Crippen LogP contribution in [0.2, 0.25) is 5.02 Å². The number of halogens is 3. The zero-order valence-electron chi connectivity index (χ0n) is 5.16. The summed E-state index contributed by atoms with van der Waals surface area (Å²) in [5.41, 5.74) is 0.533. The summed E-state index contributed by atoms with van der Waals surface area (Å²) in [6.45, 7) is 1.67. The van der Waals surface area contributed by atoms with E-state index < -0.39 is 5.95 Å². The lowest BCUT2D eigenvalue weighted by molar-refractivity contribution is 0.579. The Morgan fingerprint density at radius 2 is 2.30 bits per heavy atom. The van der Waals surface area contributed by atoms with E-state index in [1.165, 1.54) is 6.07 Å². The van der Waals surface area contributed by atoms with Crippen LogP contribution in [0.3, 0.4) is 0 Å². The lowest BCUT2D eigenvalue weighted by Gasteiger charge is -1.98. The minimum Gasteiger partial charge on any atom is -0.224 e. The molecule has 0 saturated carbocycles. The zero-order valence-corrected chi connectivity index (χ0v) is 8.07. The van der Waals surface area contributed by atoms with E-state index >= 15 is 0 Å². The highest BCUT2D eigenvalue weighted by molar-refractivity contribution is 14.1. The Morgan fingerprint density at radius 3 is 2.80 bits per heavy atom. The molecule has 1 nitrogen and oxygen atoms in total. The van der Waals surface area contributed by atoms with Crippen LogP contribution in [0.25, 0.3) is 0 Å². The maximum absolute atomic E-state index is 12.4. The number of hydrogen-bond acceptors (Lipinski definition) is 1. The lowest BCUT2D eigenvalue weighted by Crippen LogP contribution is -1.90. The van der Waals surface area contributed by atoms with Gasteiger partial charge in [-0.3, -0.25) is 0 Å². The molecule has 0 fully saturated rings. The predicted molar refractivity (Wildman–Crippen MR) is 46.7 cm³/mol. The van der Waals surface area contributed by atoms with Gasteiger partial charge in [0.2, 0.25) is 5.95 Å². The van der Waals surface area contributed by atoms with Crippen LogP contribution in [-0.2, 0) is 0 Å². The van der Waals surface area contributed by atoms with Gasteiger partial charge in [0.05, 0.1) is 10.7 Å². The molecule has 0 spiro atoms. The Hall–Kier alpha value is 0.1000. The van der Waals surface area contributed by atoms with Gasteiger partial charge in [0.1, 0.15) is 0 Å². The van der Waals surface area contributed by atoms with Crippen LogP contribution in [0.5, 0.6) is 0 Å². The van der Waals surface area contributed by atoms with Crippen LogP contribution in [0.1, 0.15) is 5.69 Å². The van der Waals surface area contributed by atoms with E-state index in [-0.39, 0.29) is 0 Å². The van der Waals surface area contributed by atoms with Gasteiger partial charge in [-0.1, -0.05) is 11.6 Å². The van der Waals surface area contributed by atoms with Crippen molar-refractivity contribution in [1.82, 2.24) is 4.98 Å². The van der Waals surface area contributed by atoms with Crippen molar-refractivity contribution in [3.8, 4) is 0 Å². The van der Waals surface area contributed by atoms with Gasteiger partial charge < -0.3 is 0 Å². The van der Waals surface area contributed by atoms with E-state index in [4.69, 9.17) is 11.6 Å². The first-order valence-corrected chi connectivity index (χ1v) is 4.05. The molecule has 1 heterocycles. The highest BCUT2D eigenvalue weighted by Gasteiger charge is 2.03. The number of rotatable bonds is 0. The van der Waals surface area contributed by atoms with E-state index in [1.54, 1.807) is 6.92 Å². The summed E-state index contributed by atoms with van der Waals surface area (Å²) in [5.74, 6) is -0.480. The number of nitrogens with zero attached hydrogens (tertiary/aromatic N) is 1. The van der Waals surface area contributed by atoms with Crippen LogP contribution in [0.15, 0.2) is 6.07 Å². The van der Waals surface area contributed by atoms with Crippen LogP contribution in [-0.4, -0.2) is 4.98 Å². The Balaban J connectivity index is 3.31. The monoisotopic (exact) mass is 271 g/mol. The summed E-state index contributed by atoms with van der Waals surface area (Å²) < 4.78 is 13.1. The fraction of sp³-hybridized carbons (Fsp3) is 0.167. The molecule has 0 amide bonds. The van der Waals surface area contributed by atoms with Gasteiger partial charge in [-0.15, -0.1) is 0 Å². The summed E-state index contributed by atoms with van der Waals surface area (Å²) in [7, 11) is 0. The van der Waals surface area contributed by atoms with Crippen molar-refractivity contribution in [3.05, 3.63) is 26.3 Å². The summed E-state index contributed by atoms with van der Waals surface area (Å²) >= 11 is 7.68. The van der Waals surface area contributed by atoms with Crippen LogP contribution < -0.4 is 0 Å². The largest absolute Gasteiger partial charge is 0.224 e. The molecule has 0 unspecified atom stereocenters. The molecular weight excluding hydrogens is 267 g/mol. The molecule has 1 aromatic rings. The quantitative estimate of drug-likeness (QED) is 0.522. The van der Waals surface area contributed by atoms with Gasteiger partial charge >= 0.3 is 0 Å². The number of pyridine rings is 1. The highest BCUT2D eigenvalue weighted by Crippen LogP contribution is 2.20. The molecule has 1 rings (SSSR count). The molecule has 0 bridgehead atoms. The average molecular weight is 271 g/mol. The minimum absolute atomic E-state index is 0.480. The van der Waals surface area contributed by atoms with Gasteiger partial charge in [-0.05, 0) is 29.5 Å². The second kappa shape index (κ2) is 3.00. The van der Waals surface area contributed by atoms with Crippen molar-refractivity contribution in [3.63, 3.8) is 0 Å². The van der Waals surface area contributed by atoms with Crippen molar-refractivity contribution in [1.29, 1.82) is 0 Å². The average Bonchev–Trinajstić information content (AvgIpc) is 1.82. The number of aryl methyl sites for hydroxylation is 1.